The van der Waals surface area contributed by atoms with Crippen LogP contribution in [0.1, 0.15) is 122 Å². The SMILES string of the molecule is CCCCCCCCCCCCCCCCC1CONCCCNOCCCONCCCNOC1. The molecule has 0 aromatic rings. The minimum atomic E-state index is 0.399. The lowest BCUT2D eigenvalue weighted by Crippen LogP contribution is -2.29. The largest absolute Gasteiger partial charge is 0.302 e. The molecule has 0 spiro atoms. The van der Waals surface area contributed by atoms with Crippen molar-refractivity contribution in [3.8, 4) is 0 Å². The molecule has 0 radical (unpaired) electrons. The third kappa shape index (κ3) is 25.3. The topological polar surface area (TPSA) is 85.0 Å². The summed E-state index contributed by atoms with van der Waals surface area (Å²) in [5, 5.41) is 0. The Morgan fingerprint density at radius 3 is 1.31 bits per heavy atom. The Morgan fingerprint density at radius 1 is 0.472 bits per heavy atom. The van der Waals surface area contributed by atoms with E-state index in [0.717, 1.165) is 51.9 Å². The van der Waals surface area contributed by atoms with Crippen LogP contribution in [-0.4, -0.2) is 52.6 Å². The minimum Gasteiger partial charge on any atom is -0.302 e. The Labute approximate surface area is 222 Å². The first-order valence-electron chi connectivity index (χ1n) is 15.3. The van der Waals surface area contributed by atoms with Gasteiger partial charge in [-0.15, -0.1) is 0 Å². The van der Waals surface area contributed by atoms with Crippen molar-refractivity contribution < 1.29 is 19.4 Å². The van der Waals surface area contributed by atoms with Gasteiger partial charge in [0.05, 0.1) is 26.4 Å². The quantitative estimate of drug-likeness (QED) is 0.205. The van der Waals surface area contributed by atoms with Gasteiger partial charge in [-0.3, -0.25) is 0 Å². The summed E-state index contributed by atoms with van der Waals surface area (Å²) >= 11 is 0. The summed E-state index contributed by atoms with van der Waals surface area (Å²) in [7, 11) is 0. The third-order valence-electron chi connectivity index (χ3n) is 6.62. The zero-order chi connectivity index (χ0) is 25.6. The van der Waals surface area contributed by atoms with E-state index < -0.39 is 0 Å². The van der Waals surface area contributed by atoms with Crippen LogP contribution in [0, 0.1) is 5.92 Å². The minimum absolute atomic E-state index is 0.399. The first-order valence-corrected chi connectivity index (χ1v) is 15.3. The van der Waals surface area contributed by atoms with E-state index in [2.05, 4.69) is 28.8 Å². The van der Waals surface area contributed by atoms with Gasteiger partial charge in [0.2, 0.25) is 0 Å². The van der Waals surface area contributed by atoms with Crippen LogP contribution >= 0.6 is 0 Å². The van der Waals surface area contributed by atoms with Gasteiger partial charge in [0.15, 0.2) is 0 Å². The number of nitrogens with one attached hydrogen (secondary N) is 4. The molecule has 0 unspecified atom stereocenters. The summed E-state index contributed by atoms with van der Waals surface area (Å²) < 4.78 is 0. The lowest BCUT2D eigenvalue weighted by molar-refractivity contribution is -0.0407. The van der Waals surface area contributed by atoms with Crippen LogP contribution in [0.2, 0.25) is 0 Å². The Balaban J connectivity index is 2.05. The summed E-state index contributed by atoms with van der Waals surface area (Å²) in [5.74, 6) is 0.399. The zero-order valence-electron chi connectivity index (χ0n) is 23.6. The Morgan fingerprint density at radius 2 is 0.861 bits per heavy atom. The summed E-state index contributed by atoms with van der Waals surface area (Å²) in [6.07, 6.45) is 23.4. The summed E-state index contributed by atoms with van der Waals surface area (Å²) in [6.45, 7) is 8.12. The highest BCUT2D eigenvalue weighted by atomic mass is 16.7. The summed E-state index contributed by atoms with van der Waals surface area (Å²) in [6, 6.07) is 0. The molecule has 1 rings (SSSR count). The van der Waals surface area contributed by atoms with Crippen molar-refractivity contribution in [2.24, 2.45) is 5.92 Å². The van der Waals surface area contributed by atoms with E-state index in [1.807, 2.05) is 0 Å². The summed E-state index contributed by atoms with van der Waals surface area (Å²) in [4.78, 5) is 22.3. The first kappa shape index (κ1) is 33.7. The van der Waals surface area contributed by atoms with Gasteiger partial charge in [0.1, 0.15) is 0 Å². The predicted molar refractivity (Wildman–Crippen MR) is 148 cm³/mol. The molecule has 1 saturated heterocycles. The highest BCUT2D eigenvalue weighted by molar-refractivity contribution is 4.59. The second-order valence-corrected chi connectivity index (χ2v) is 10.2. The normalized spacial score (nSPS) is 19.2. The molecule has 1 aliphatic rings. The molecule has 8 heteroatoms. The van der Waals surface area contributed by atoms with E-state index >= 15 is 0 Å². The number of hydroxylamine groups is 4. The van der Waals surface area contributed by atoms with Crippen molar-refractivity contribution in [2.75, 3.05) is 52.6 Å². The monoisotopic (exact) mass is 516 g/mol. The van der Waals surface area contributed by atoms with Crippen LogP contribution < -0.4 is 21.9 Å². The Hall–Kier alpha value is -0.320. The smallest absolute Gasteiger partial charge is 0.0733 e. The number of hydrogen-bond donors (Lipinski definition) is 4. The second-order valence-electron chi connectivity index (χ2n) is 10.2. The van der Waals surface area contributed by atoms with Gasteiger partial charge in [0.25, 0.3) is 0 Å². The third-order valence-corrected chi connectivity index (χ3v) is 6.62. The molecule has 0 aromatic carbocycles. The van der Waals surface area contributed by atoms with Crippen LogP contribution in [0.4, 0.5) is 0 Å². The zero-order valence-corrected chi connectivity index (χ0v) is 23.6. The molecule has 0 atom stereocenters. The first-order chi connectivity index (χ1) is 17.9. The molecule has 0 amide bonds. The van der Waals surface area contributed by atoms with E-state index in [4.69, 9.17) is 19.4 Å². The van der Waals surface area contributed by atoms with Gasteiger partial charge in [-0.1, -0.05) is 96.8 Å². The lowest BCUT2D eigenvalue weighted by Gasteiger charge is -2.18. The van der Waals surface area contributed by atoms with Crippen molar-refractivity contribution in [1.29, 1.82) is 0 Å². The fraction of sp³-hybridized carbons (Fsp3) is 1.00. The van der Waals surface area contributed by atoms with Crippen LogP contribution in [0.25, 0.3) is 0 Å². The van der Waals surface area contributed by atoms with Crippen LogP contribution in [0.15, 0.2) is 0 Å². The van der Waals surface area contributed by atoms with Gasteiger partial charge < -0.3 is 19.4 Å². The Bertz CT molecular complexity index is 401. The molecule has 0 saturated carbocycles. The number of unbranched alkanes of at least 4 members (excludes halogenated alkanes) is 13. The molecule has 1 fully saturated rings. The molecule has 0 aromatic heterocycles. The Kier molecular flexibility index (Phi) is 27.4. The molecule has 36 heavy (non-hydrogen) atoms. The average molecular weight is 517 g/mol. The van der Waals surface area contributed by atoms with Crippen LogP contribution in [-0.2, 0) is 19.4 Å². The molecule has 1 heterocycles. The fourth-order valence-corrected chi connectivity index (χ4v) is 4.30. The molecule has 8 nitrogen and oxygen atoms in total. The van der Waals surface area contributed by atoms with Crippen molar-refractivity contribution in [3.05, 3.63) is 0 Å². The van der Waals surface area contributed by atoms with E-state index in [1.54, 1.807) is 0 Å². The highest BCUT2D eigenvalue weighted by Gasteiger charge is 2.10. The van der Waals surface area contributed by atoms with Crippen molar-refractivity contribution in [1.82, 2.24) is 21.9 Å². The average Bonchev–Trinajstić information content (AvgIpc) is 2.89. The van der Waals surface area contributed by atoms with Crippen LogP contribution in [0.5, 0.6) is 0 Å². The molecule has 1 aliphatic heterocycles. The van der Waals surface area contributed by atoms with E-state index in [-0.39, 0.29) is 0 Å². The van der Waals surface area contributed by atoms with Crippen molar-refractivity contribution in [2.45, 2.75) is 122 Å². The highest BCUT2D eigenvalue weighted by Crippen LogP contribution is 2.15. The fourth-order valence-electron chi connectivity index (χ4n) is 4.30. The van der Waals surface area contributed by atoms with E-state index in [9.17, 15) is 0 Å². The van der Waals surface area contributed by atoms with Gasteiger partial charge in [-0.2, -0.15) is 0 Å². The van der Waals surface area contributed by atoms with Crippen LogP contribution in [0.3, 0.4) is 0 Å². The van der Waals surface area contributed by atoms with Gasteiger partial charge >= 0.3 is 0 Å². The number of hydrogen-bond acceptors (Lipinski definition) is 8. The molecular weight excluding hydrogens is 456 g/mol. The van der Waals surface area contributed by atoms with E-state index in [0.29, 0.717) is 32.3 Å². The molecule has 0 aliphatic carbocycles. The molecular formula is C28H60N4O4. The van der Waals surface area contributed by atoms with Gasteiger partial charge in [0, 0.05) is 32.1 Å². The van der Waals surface area contributed by atoms with E-state index in [1.165, 1.54) is 89.9 Å². The van der Waals surface area contributed by atoms with Crippen molar-refractivity contribution >= 4 is 0 Å². The van der Waals surface area contributed by atoms with Gasteiger partial charge in [-0.25, -0.2) is 21.9 Å². The maximum atomic E-state index is 5.74. The standard InChI is InChI=1S/C28H60N4O4/c1-2-3-4-5-6-7-8-9-10-11-12-13-14-15-19-28-26-35-31-22-16-20-29-33-24-18-25-34-30-21-17-23-32-36-27-28/h28-32H,2-27H2,1H3. The van der Waals surface area contributed by atoms with Crippen molar-refractivity contribution in [3.63, 3.8) is 0 Å². The van der Waals surface area contributed by atoms with Gasteiger partial charge in [-0.05, 0) is 25.7 Å². The number of rotatable bonds is 15. The molecule has 4 N–H and O–H groups in total. The maximum Gasteiger partial charge on any atom is 0.0733 e. The lowest BCUT2D eigenvalue weighted by atomic mass is 10.0. The molecule has 0 bridgehead atoms. The predicted octanol–water partition coefficient (Wildman–Crippen LogP) is 5.74. The second kappa shape index (κ2) is 29.2. The summed E-state index contributed by atoms with van der Waals surface area (Å²) in [5.41, 5.74) is 12.2. The maximum absolute atomic E-state index is 5.74. The molecule has 216 valence electrons.